The standard InChI is InChI=1S/C12H16BrF3N2S/c13-9-5-11(19-7-9)10(6-17)18-3-1-8(2-4-18)12(14,15)16/h5,7-8,10H,1-4,6,17H2. The molecule has 1 unspecified atom stereocenters. The summed E-state index contributed by atoms with van der Waals surface area (Å²) in [4.78, 5) is 3.18. The highest BCUT2D eigenvalue weighted by Crippen LogP contribution is 2.37. The Kier molecular flexibility index (Phi) is 4.92. The van der Waals surface area contributed by atoms with Crippen LogP contribution in [0.3, 0.4) is 0 Å². The summed E-state index contributed by atoms with van der Waals surface area (Å²) in [5, 5.41) is 1.97. The Morgan fingerprint density at radius 1 is 1.42 bits per heavy atom. The average Bonchev–Trinajstić information content (AvgIpc) is 2.76. The van der Waals surface area contributed by atoms with Gasteiger partial charge in [0.05, 0.1) is 12.0 Å². The number of likely N-dealkylation sites (tertiary alicyclic amines) is 1. The summed E-state index contributed by atoms with van der Waals surface area (Å²) in [5.41, 5.74) is 5.79. The summed E-state index contributed by atoms with van der Waals surface area (Å²) in [7, 11) is 0. The maximum absolute atomic E-state index is 12.6. The summed E-state index contributed by atoms with van der Waals surface area (Å²) in [6.07, 6.45) is -3.71. The largest absolute Gasteiger partial charge is 0.391 e. The lowest BCUT2D eigenvalue weighted by atomic mass is 9.95. The fraction of sp³-hybridized carbons (Fsp3) is 0.667. The van der Waals surface area contributed by atoms with E-state index in [1.165, 1.54) is 0 Å². The van der Waals surface area contributed by atoms with Crippen molar-refractivity contribution in [1.29, 1.82) is 0 Å². The minimum absolute atomic E-state index is 0.0329. The predicted molar refractivity (Wildman–Crippen MR) is 74.2 cm³/mol. The number of nitrogens with zero attached hydrogens (tertiary/aromatic N) is 1. The first-order valence-corrected chi connectivity index (χ1v) is 7.84. The monoisotopic (exact) mass is 356 g/mol. The molecule has 1 aromatic rings. The van der Waals surface area contributed by atoms with E-state index in [9.17, 15) is 13.2 Å². The zero-order valence-corrected chi connectivity index (χ0v) is 12.7. The van der Waals surface area contributed by atoms with Crippen LogP contribution in [0.5, 0.6) is 0 Å². The zero-order valence-electron chi connectivity index (χ0n) is 10.3. The Labute approximate surface area is 122 Å². The van der Waals surface area contributed by atoms with Gasteiger partial charge in [0.2, 0.25) is 0 Å². The van der Waals surface area contributed by atoms with Crippen LogP contribution in [0.25, 0.3) is 0 Å². The minimum atomic E-state index is -4.06. The van der Waals surface area contributed by atoms with Crippen molar-refractivity contribution in [2.45, 2.75) is 25.1 Å². The van der Waals surface area contributed by atoms with Crippen LogP contribution in [0.2, 0.25) is 0 Å². The van der Waals surface area contributed by atoms with Crippen LogP contribution in [0.4, 0.5) is 13.2 Å². The van der Waals surface area contributed by atoms with Crippen LogP contribution in [-0.2, 0) is 0 Å². The fourth-order valence-electron chi connectivity index (χ4n) is 2.49. The van der Waals surface area contributed by atoms with E-state index in [4.69, 9.17) is 5.73 Å². The van der Waals surface area contributed by atoms with Crippen LogP contribution in [-0.4, -0.2) is 30.7 Å². The molecule has 0 aliphatic carbocycles. The molecule has 7 heteroatoms. The quantitative estimate of drug-likeness (QED) is 0.892. The summed E-state index contributed by atoms with van der Waals surface area (Å²) < 4.78 is 38.9. The van der Waals surface area contributed by atoms with Gasteiger partial charge in [-0.1, -0.05) is 0 Å². The number of hydrogen-bond donors (Lipinski definition) is 1. The molecule has 2 N–H and O–H groups in total. The normalized spacial score (nSPS) is 20.7. The van der Waals surface area contributed by atoms with Crippen LogP contribution in [0.1, 0.15) is 23.8 Å². The van der Waals surface area contributed by atoms with E-state index >= 15 is 0 Å². The summed E-state index contributed by atoms with van der Waals surface area (Å²) >= 11 is 4.98. The SMILES string of the molecule is NCC(c1cc(Br)cs1)N1CCC(C(F)(F)F)CC1. The van der Waals surface area contributed by atoms with Crippen molar-refractivity contribution in [2.75, 3.05) is 19.6 Å². The molecule has 1 aliphatic heterocycles. The van der Waals surface area contributed by atoms with Crippen molar-refractivity contribution in [1.82, 2.24) is 4.90 Å². The second-order valence-corrected chi connectivity index (χ2v) is 6.63. The lowest BCUT2D eigenvalue weighted by molar-refractivity contribution is -0.186. The van der Waals surface area contributed by atoms with Gasteiger partial charge >= 0.3 is 6.18 Å². The third kappa shape index (κ3) is 3.71. The minimum Gasteiger partial charge on any atom is -0.329 e. The first-order chi connectivity index (χ1) is 8.91. The van der Waals surface area contributed by atoms with Gasteiger partial charge in [-0.15, -0.1) is 11.3 Å². The fourth-order valence-corrected chi connectivity index (χ4v) is 4.08. The molecule has 1 saturated heterocycles. The average molecular weight is 357 g/mol. The Morgan fingerprint density at radius 2 is 2.05 bits per heavy atom. The molecule has 1 fully saturated rings. The topological polar surface area (TPSA) is 29.3 Å². The second-order valence-electron chi connectivity index (χ2n) is 4.77. The molecule has 19 heavy (non-hydrogen) atoms. The van der Waals surface area contributed by atoms with Gasteiger partial charge in [-0.2, -0.15) is 13.2 Å². The van der Waals surface area contributed by atoms with Gasteiger partial charge in [0, 0.05) is 21.3 Å². The van der Waals surface area contributed by atoms with Crippen molar-refractivity contribution in [3.63, 3.8) is 0 Å². The van der Waals surface area contributed by atoms with Gasteiger partial charge in [-0.3, -0.25) is 4.90 Å². The summed E-state index contributed by atoms with van der Waals surface area (Å²) in [6, 6.07) is 2.03. The van der Waals surface area contributed by atoms with Gasteiger partial charge in [-0.25, -0.2) is 0 Å². The van der Waals surface area contributed by atoms with E-state index in [1.54, 1.807) is 11.3 Å². The molecule has 2 heterocycles. The van der Waals surface area contributed by atoms with Crippen LogP contribution in [0.15, 0.2) is 15.9 Å². The Balaban J connectivity index is 1.99. The van der Waals surface area contributed by atoms with Crippen LogP contribution < -0.4 is 5.73 Å². The molecular weight excluding hydrogens is 341 g/mol. The van der Waals surface area contributed by atoms with Crippen molar-refractivity contribution in [3.8, 4) is 0 Å². The number of thiophene rings is 1. The van der Waals surface area contributed by atoms with Crippen molar-refractivity contribution in [3.05, 3.63) is 20.8 Å². The molecule has 0 radical (unpaired) electrons. The maximum atomic E-state index is 12.6. The third-order valence-corrected chi connectivity index (χ3v) is 5.37. The zero-order chi connectivity index (χ0) is 14.0. The first kappa shape index (κ1) is 15.3. The molecule has 2 nitrogen and oxygen atoms in total. The van der Waals surface area contributed by atoms with Crippen molar-refractivity contribution >= 4 is 27.3 Å². The third-order valence-electron chi connectivity index (χ3n) is 3.57. The van der Waals surface area contributed by atoms with Gasteiger partial charge in [0.1, 0.15) is 0 Å². The highest BCUT2D eigenvalue weighted by atomic mass is 79.9. The Bertz CT molecular complexity index is 413. The summed E-state index contributed by atoms with van der Waals surface area (Å²) in [6.45, 7) is 1.35. The van der Waals surface area contributed by atoms with Gasteiger partial charge in [-0.05, 0) is 47.9 Å². The molecule has 0 aromatic carbocycles. The predicted octanol–water partition coefficient (Wildman–Crippen LogP) is 3.78. The highest BCUT2D eigenvalue weighted by molar-refractivity contribution is 9.10. The number of hydrogen-bond acceptors (Lipinski definition) is 3. The van der Waals surface area contributed by atoms with Crippen molar-refractivity contribution < 1.29 is 13.2 Å². The number of halogens is 4. The Hall–Kier alpha value is -0.110. The molecule has 1 atom stereocenters. The van der Waals surface area contributed by atoms with E-state index in [2.05, 4.69) is 20.8 Å². The molecule has 0 spiro atoms. The van der Waals surface area contributed by atoms with Crippen molar-refractivity contribution in [2.24, 2.45) is 11.7 Å². The number of piperidine rings is 1. The van der Waals surface area contributed by atoms with E-state index in [0.29, 0.717) is 19.6 Å². The highest BCUT2D eigenvalue weighted by Gasteiger charge is 2.41. The lowest BCUT2D eigenvalue weighted by Gasteiger charge is -2.37. The molecule has 0 amide bonds. The molecule has 1 aliphatic rings. The molecule has 0 bridgehead atoms. The van der Waals surface area contributed by atoms with Crippen LogP contribution in [0, 0.1) is 5.92 Å². The number of rotatable bonds is 3. The molecular formula is C12H16BrF3N2S. The van der Waals surface area contributed by atoms with E-state index in [0.717, 1.165) is 9.35 Å². The second kappa shape index (κ2) is 6.11. The smallest absolute Gasteiger partial charge is 0.329 e. The van der Waals surface area contributed by atoms with E-state index < -0.39 is 12.1 Å². The summed E-state index contributed by atoms with van der Waals surface area (Å²) in [5.74, 6) is -1.16. The van der Waals surface area contributed by atoms with E-state index in [1.807, 2.05) is 11.4 Å². The Morgan fingerprint density at radius 3 is 2.47 bits per heavy atom. The number of alkyl halides is 3. The van der Waals surface area contributed by atoms with Gasteiger partial charge in [0.15, 0.2) is 0 Å². The molecule has 0 saturated carbocycles. The molecule has 2 rings (SSSR count). The molecule has 1 aromatic heterocycles. The van der Waals surface area contributed by atoms with Crippen LogP contribution >= 0.6 is 27.3 Å². The lowest BCUT2D eigenvalue weighted by Crippen LogP contribution is -2.42. The molecule has 108 valence electrons. The van der Waals surface area contributed by atoms with Gasteiger partial charge in [0.25, 0.3) is 0 Å². The maximum Gasteiger partial charge on any atom is 0.391 e. The first-order valence-electron chi connectivity index (χ1n) is 6.16. The number of nitrogens with two attached hydrogens (primary N) is 1. The van der Waals surface area contributed by atoms with E-state index in [-0.39, 0.29) is 18.9 Å². The van der Waals surface area contributed by atoms with Gasteiger partial charge < -0.3 is 5.73 Å².